The van der Waals surface area contributed by atoms with Crippen LogP contribution < -0.4 is 0 Å². The molecule has 1 aliphatic rings. The number of hydrogen-bond acceptors (Lipinski definition) is 6. The zero-order valence-electron chi connectivity index (χ0n) is 12.7. The van der Waals surface area contributed by atoms with Gasteiger partial charge in [-0.2, -0.15) is 5.10 Å². The van der Waals surface area contributed by atoms with Gasteiger partial charge in [-0.05, 0) is 6.42 Å². The summed E-state index contributed by atoms with van der Waals surface area (Å²) < 4.78 is 28.9. The van der Waals surface area contributed by atoms with Gasteiger partial charge in [0, 0.05) is 31.8 Å². The van der Waals surface area contributed by atoms with Crippen molar-refractivity contribution in [2.75, 3.05) is 37.7 Å². The minimum absolute atomic E-state index is 0.176. The second kappa shape index (κ2) is 7.33. The molecule has 0 aromatic carbocycles. The van der Waals surface area contributed by atoms with Crippen LogP contribution in [0.4, 0.5) is 0 Å². The Morgan fingerprint density at radius 1 is 1.43 bits per heavy atom. The fraction of sp³-hybridized carbons (Fsp3) is 0.846. The summed E-state index contributed by atoms with van der Waals surface area (Å²) in [6.07, 6.45) is 1.71. The zero-order chi connectivity index (χ0) is 15.3. The Balaban J connectivity index is 1.90. The number of nitrogens with zero attached hydrogens (tertiary/aromatic N) is 3. The molecule has 7 nitrogen and oxygen atoms in total. The summed E-state index contributed by atoms with van der Waals surface area (Å²) >= 11 is 0. The van der Waals surface area contributed by atoms with Crippen molar-refractivity contribution in [2.45, 2.75) is 32.8 Å². The lowest BCUT2D eigenvalue weighted by Gasteiger charge is -2.31. The van der Waals surface area contributed by atoms with Crippen molar-refractivity contribution in [1.29, 1.82) is 0 Å². The number of hydrogen-bond donors (Lipinski definition) is 1. The number of aryl methyl sites for hydroxylation is 1. The molecule has 0 unspecified atom stereocenters. The molecule has 1 aromatic heterocycles. The van der Waals surface area contributed by atoms with Crippen LogP contribution in [0.2, 0.25) is 0 Å². The molecule has 8 heteroatoms. The molecule has 21 heavy (non-hydrogen) atoms. The second-order valence-corrected chi connectivity index (χ2v) is 7.76. The van der Waals surface area contributed by atoms with Crippen LogP contribution in [0.25, 0.3) is 0 Å². The van der Waals surface area contributed by atoms with Gasteiger partial charge in [0.05, 0.1) is 12.4 Å². The lowest BCUT2D eigenvalue weighted by Crippen LogP contribution is -2.41. The number of aromatic amines is 1. The van der Waals surface area contributed by atoms with Crippen molar-refractivity contribution in [3.63, 3.8) is 0 Å². The first-order valence-corrected chi connectivity index (χ1v) is 9.31. The molecule has 1 N–H and O–H groups in total. The molecule has 1 aromatic rings. The third-order valence-electron chi connectivity index (χ3n) is 3.63. The third kappa shape index (κ3) is 4.76. The molecular formula is C13H24N4O3S. The Morgan fingerprint density at radius 2 is 2.24 bits per heavy atom. The second-order valence-electron chi connectivity index (χ2n) is 5.29. The number of nitrogens with one attached hydrogen (secondary N) is 1. The maximum Gasteiger partial charge on any atom is 0.180 e. The Kier molecular flexibility index (Phi) is 5.72. The van der Waals surface area contributed by atoms with Crippen molar-refractivity contribution < 1.29 is 13.2 Å². The molecule has 120 valence electrons. The Hall–Kier alpha value is -0.990. The molecule has 0 radical (unpaired) electrons. The number of sulfone groups is 1. The first-order chi connectivity index (χ1) is 10.0. The van der Waals surface area contributed by atoms with Gasteiger partial charge in [0.2, 0.25) is 0 Å². The fourth-order valence-electron chi connectivity index (χ4n) is 2.28. The molecule has 0 bridgehead atoms. The number of aromatic nitrogens is 3. The average molecular weight is 316 g/mol. The Bertz CT molecular complexity index is 543. The van der Waals surface area contributed by atoms with E-state index in [-0.39, 0.29) is 17.6 Å². The summed E-state index contributed by atoms with van der Waals surface area (Å²) in [6.45, 7) is 6.29. The van der Waals surface area contributed by atoms with E-state index in [1.165, 1.54) is 0 Å². The van der Waals surface area contributed by atoms with Crippen molar-refractivity contribution in [3.05, 3.63) is 11.6 Å². The van der Waals surface area contributed by atoms with E-state index in [4.69, 9.17) is 4.74 Å². The standard InChI is InChI=1S/C13H24N4O3S/c1-3-5-12-14-13(16-15-12)11-10-17(6-8-20-11)7-9-21(18,19)4-2/h11H,3-10H2,1-2H3,(H,14,15,16)/t11-/m1/s1. The Labute approximate surface area is 126 Å². The van der Waals surface area contributed by atoms with E-state index < -0.39 is 9.84 Å². The Morgan fingerprint density at radius 3 is 2.95 bits per heavy atom. The van der Waals surface area contributed by atoms with Crippen LogP contribution in [0.5, 0.6) is 0 Å². The van der Waals surface area contributed by atoms with Gasteiger partial charge in [0.15, 0.2) is 15.7 Å². The van der Waals surface area contributed by atoms with Gasteiger partial charge in [0.1, 0.15) is 11.9 Å². The normalized spacial score (nSPS) is 20.8. The SMILES string of the molecule is CCCc1nc([C@H]2CN(CCS(=O)(=O)CC)CCO2)n[nH]1. The molecule has 1 saturated heterocycles. The van der Waals surface area contributed by atoms with Gasteiger partial charge in [-0.25, -0.2) is 13.4 Å². The summed E-state index contributed by atoms with van der Waals surface area (Å²) in [6, 6.07) is 0. The fourth-order valence-corrected chi connectivity index (χ4v) is 3.10. The average Bonchev–Trinajstić information content (AvgIpc) is 2.95. The van der Waals surface area contributed by atoms with Gasteiger partial charge >= 0.3 is 0 Å². The third-order valence-corrected chi connectivity index (χ3v) is 5.32. The van der Waals surface area contributed by atoms with Gasteiger partial charge in [-0.3, -0.25) is 10.00 Å². The zero-order valence-corrected chi connectivity index (χ0v) is 13.5. The van der Waals surface area contributed by atoms with Crippen LogP contribution in [-0.2, 0) is 21.0 Å². The topological polar surface area (TPSA) is 88.2 Å². The molecule has 0 amide bonds. The smallest absolute Gasteiger partial charge is 0.180 e. The highest BCUT2D eigenvalue weighted by atomic mass is 32.2. The minimum atomic E-state index is -2.92. The monoisotopic (exact) mass is 316 g/mol. The van der Waals surface area contributed by atoms with Gasteiger partial charge < -0.3 is 4.74 Å². The summed E-state index contributed by atoms with van der Waals surface area (Å²) in [4.78, 5) is 6.55. The summed E-state index contributed by atoms with van der Waals surface area (Å²) in [7, 11) is -2.92. The lowest BCUT2D eigenvalue weighted by molar-refractivity contribution is -0.0321. The van der Waals surface area contributed by atoms with Crippen LogP contribution in [0.15, 0.2) is 0 Å². The van der Waals surface area contributed by atoms with E-state index in [9.17, 15) is 8.42 Å². The van der Waals surface area contributed by atoms with E-state index >= 15 is 0 Å². The minimum Gasteiger partial charge on any atom is -0.367 e. The molecule has 1 fully saturated rings. The van der Waals surface area contributed by atoms with Crippen molar-refractivity contribution in [2.24, 2.45) is 0 Å². The van der Waals surface area contributed by atoms with Crippen LogP contribution in [-0.4, -0.2) is 66.2 Å². The maximum absolute atomic E-state index is 11.6. The van der Waals surface area contributed by atoms with Crippen LogP contribution in [0, 0.1) is 0 Å². The number of H-pyrrole nitrogens is 1. The predicted molar refractivity (Wildman–Crippen MR) is 79.8 cm³/mol. The summed E-state index contributed by atoms with van der Waals surface area (Å²) in [5.74, 6) is 1.94. The molecule has 0 spiro atoms. The molecule has 2 rings (SSSR count). The maximum atomic E-state index is 11.6. The largest absolute Gasteiger partial charge is 0.367 e. The highest BCUT2D eigenvalue weighted by Crippen LogP contribution is 2.19. The molecular weight excluding hydrogens is 292 g/mol. The number of morpholine rings is 1. The number of ether oxygens (including phenoxy) is 1. The molecule has 0 aliphatic carbocycles. The predicted octanol–water partition coefficient (Wildman–Crippen LogP) is 0.565. The molecule has 0 saturated carbocycles. The molecule has 1 atom stereocenters. The van der Waals surface area contributed by atoms with Gasteiger partial charge in [0.25, 0.3) is 0 Å². The highest BCUT2D eigenvalue weighted by molar-refractivity contribution is 7.91. The molecule has 1 aliphatic heterocycles. The van der Waals surface area contributed by atoms with Gasteiger partial charge in [-0.1, -0.05) is 13.8 Å². The summed E-state index contributed by atoms with van der Waals surface area (Å²) in [5.41, 5.74) is 0. The van der Waals surface area contributed by atoms with E-state index in [1.807, 2.05) is 0 Å². The summed E-state index contributed by atoms with van der Waals surface area (Å²) in [5, 5.41) is 7.14. The van der Waals surface area contributed by atoms with E-state index in [2.05, 4.69) is 27.0 Å². The quantitative estimate of drug-likeness (QED) is 0.791. The van der Waals surface area contributed by atoms with E-state index in [0.29, 0.717) is 25.5 Å². The van der Waals surface area contributed by atoms with E-state index in [1.54, 1.807) is 6.92 Å². The van der Waals surface area contributed by atoms with Crippen molar-refractivity contribution in [3.8, 4) is 0 Å². The highest BCUT2D eigenvalue weighted by Gasteiger charge is 2.25. The van der Waals surface area contributed by atoms with Crippen LogP contribution >= 0.6 is 0 Å². The first kappa shape index (κ1) is 16.4. The number of rotatable bonds is 7. The van der Waals surface area contributed by atoms with Crippen LogP contribution in [0.3, 0.4) is 0 Å². The van der Waals surface area contributed by atoms with Crippen molar-refractivity contribution in [1.82, 2.24) is 20.1 Å². The van der Waals surface area contributed by atoms with Crippen LogP contribution in [0.1, 0.15) is 38.0 Å². The van der Waals surface area contributed by atoms with Crippen molar-refractivity contribution >= 4 is 9.84 Å². The molecule has 2 heterocycles. The van der Waals surface area contributed by atoms with E-state index in [0.717, 1.165) is 25.2 Å². The first-order valence-electron chi connectivity index (χ1n) is 7.49. The van der Waals surface area contributed by atoms with Gasteiger partial charge in [-0.15, -0.1) is 0 Å². The lowest BCUT2D eigenvalue weighted by atomic mass is 10.2.